The van der Waals surface area contributed by atoms with E-state index in [1.165, 1.54) is 167 Å². The molecule has 0 fully saturated rings. The molecule has 0 unspecified atom stereocenters. The highest BCUT2D eigenvalue weighted by atomic mass is 16.3. The highest BCUT2D eigenvalue weighted by Gasteiger charge is 2.03. The van der Waals surface area contributed by atoms with E-state index in [0.29, 0.717) is 25.9 Å². The van der Waals surface area contributed by atoms with Crippen LogP contribution >= 0.6 is 0 Å². The number of aliphatic hydroxyl groups excluding tert-OH is 2. The summed E-state index contributed by atoms with van der Waals surface area (Å²) >= 11 is 0. The molecule has 6 heteroatoms. The highest BCUT2D eigenvalue weighted by Crippen LogP contribution is 2.15. The third kappa shape index (κ3) is 45.0. The first kappa shape index (κ1) is 47.0. The molecule has 0 heterocycles. The molecule has 0 spiro atoms. The normalized spacial score (nSPS) is 10.9. The lowest BCUT2D eigenvalue weighted by atomic mass is 10.0. The Kier molecular flexibility index (Phi) is 44.8. The lowest BCUT2D eigenvalue weighted by Gasteiger charge is -2.07. The molecule has 0 rings (SSSR count). The molecule has 2 amide bonds. The van der Waals surface area contributed by atoms with Crippen molar-refractivity contribution in [1.29, 1.82) is 0 Å². The number of carbonyl (C=O) groups is 2. The van der Waals surface area contributed by atoms with Crippen LogP contribution in [0.25, 0.3) is 0 Å². The van der Waals surface area contributed by atoms with E-state index in [1.807, 2.05) is 0 Å². The first-order valence-corrected chi connectivity index (χ1v) is 20.4. The SMILES string of the molecule is CCCCCCCCCCCCCCCCCC(=O)NCCNC(=O)CCCCCCCCCCCCCCCCC.OCCO. The summed E-state index contributed by atoms with van der Waals surface area (Å²) in [5.74, 6) is 0.253. The lowest BCUT2D eigenvalue weighted by molar-refractivity contribution is -0.123. The van der Waals surface area contributed by atoms with Gasteiger partial charge in [0.25, 0.3) is 0 Å². The molecule has 0 aliphatic carbocycles. The molecule has 46 heavy (non-hydrogen) atoms. The minimum Gasteiger partial charge on any atom is -0.394 e. The van der Waals surface area contributed by atoms with E-state index >= 15 is 0 Å². The minimum atomic E-state index is -0.125. The van der Waals surface area contributed by atoms with E-state index < -0.39 is 0 Å². The van der Waals surface area contributed by atoms with Crippen molar-refractivity contribution in [1.82, 2.24) is 10.6 Å². The Balaban J connectivity index is 0. The average Bonchev–Trinajstić information content (AvgIpc) is 3.06. The van der Waals surface area contributed by atoms with Gasteiger partial charge in [0.2, 0.25) is 11.8 Å². The molecular formula is C40H82N2O4. The molecule has 6 nitrogen and oxygen atoms in total. The summed E-state index contributed by atoms with van der Waals surface area (Å²) in [6.07, 6.45) is 41.5. The van der Waals surface area contributed by atoms with Gasteiger partial charge in [-0.15, -0.1) is 0 Å². The minimum absolute atomic E-state index is 0.125. The van der Waals surface area contributed by atoms with Crippen molar-refractivity contribution in [2.45, 2.75) is 219 Å². The summed E-state index contributed by atoms with van der Waals surface area (Å²) in [5, 5.41) is 21.2. The molecule has 0 saturated heterocycles. The van der Waals surface area contributed by atoms with Crippen LogP contribution < -0.4 is 10.6 Å². The third-order valence-corrected chi connectivity index (χ3v) is 8.88. The fourth-order valence-corrected chi connectivity index (χ4v) is 5.89. The second-order valence-corrected chi connectivity index (χ2v) is 13.5. The van der Waals surface area contributed by atoms with Crippen molar-refractivity contribution >= 4 is 11.8 Å². The van der Waals surface area contributed by atoms with Crippen molar-refractivity contribution < 1.29 is 19.8 Å². The third-order valence-electron chi connectivity index (χ3n) is 8.88. The smallest absolute Gasteiger partial charge is 0.220 e. The van der Waals surface area contributed by atoms with Crippen LogP contribution in [0.15, 0.2) is 0 Å². The highest BCUT2D eigenvalue weighted by molar-refractivity contribution is 5.77. The fraction of sp³-hybridized carbons (Fsp3) is 0.950. The quantitative estimate of drug-likeness (QED) is 0.0505. The predicted molar refractivity (Wildman–Crippen MR) is 199 cm³/mol. The van der Waals surface area contributed by atoms with Crippen molar-refractivity contribution in [3.8, 4) is 0 Å². The number of hydrogen-bond donors (Lipinski definition) is 4. The summed E-state index contributed by atoms with van der Waals surface area (Å²) in [7, 11) is 0. The van der Waals surface area contributed by atoms with Crippen LogP contribution in [-0.4, -0.2) is 48.3 Å². The first-order valence-electron chi connectivity index (χ1n) is 20.4. The Morgan fingerprint density at radius 2 is 0.543 bits per heavy atom. The predicted octanol–water partition coefficient (Wildman–Crippen LogP) is 10.7. The van der Waals surface area contributed by atoms with E-state index in [2.05, 4.69) is 24.5 Å². The zero-order chi connectivity index (χ0) is 34.0. The van der Waals surface area contributed by atoms with Crippen molar-refractivity contribution in [2.24, 2.45) is 0 Å². The summed E-state index contributed by atoms with van der Waals surface area (Å²) in [6, 6.07) is 0. The number of rotatable bonds is 36. The van der Waals surface area contributed by atoms with Gasteiger partial charge in [0, 0.05) is 25.9 Å². The van der Waals surface area contributed by atoms with Crippen LogP contribution in [0.2, 0.25) is 0 Å². The number of amides is 2. The number of carbonyl (C=O) groups excluding carboxylic acids is 2. The largest absolute Gasteiger partial charge is 0.394 e. The maximum Gasteiger partial charge on any atom is 0.220 e. The van der Waals surface area contributed by atoms with E-state index in [0.717, 1.165) is 25.7 Å². The second-order valence-electron chi connectivity index (χ2n) is 13.5. The van der Waals surface area contributed by atoms with Crippen molar-refractivity contribution in [3.63, 3.8) is 0 Å². The number of aliphatic hydroxyl groups is 2. The van der Waals surface area contributed by atoms with Gasteiger partial charge >= 0.3 is 0 Å². The van der Waals surface area contributed by atoms with Gasteiger partial charge in [0.15, 0.2) is 0 Å². The summed E-state index contributed by atoms with van der Waals surface area (Å²) in [6.45, 7) is 5.40. The molecule has 0 aliphatic rings. The molecule has 0 radical (unpaired) electrons. The standard InChI is InChI=1S/C38H76N2O2.C2H6O2/c1-3-5-7-9-11-13-15-17-19-21-23-25-27-29-31-33-37(41)39-35-36-40-38(42)34-32-30-28-26-24-22-20-18-16-14-12-10-8-6-4-2;3-1-2-4/h3-36H2,1-2H3,(H,39,41)(H,40,42);3-4H,1-2H2. The molecule has 0 bridgehead atoms. The van der Waals surface area contributed by atoms with Crippen LogP contribution in [0.3, 0.4) is 0 Å². The van der Waals surface area contributed by atoms with Gasteiger partial charge in [-0.25, -0.2) is 0 Å². The Labute approximate surface area is 287 Å². The van der Waals surface area contributed by atoms with Gasteiger partial charge in [-0.3, -0.25) is 9.59 Å². The Hall–Kier alpha value is -1.14. The van der Waals surface area contributed by atoms with Crippen LogP contribution in [0.4, 0.5) is 0 Å². The van der Waals surface area contributed by atoms with Crippen molar-refractivity contribution in [3.05, 3.63) is 0 Å². The molecule has 276 valence electrons. The summed E-state index contributed by atoms with van der Waals surface area (Å²) in [5.41, 5.74) is 0. The molecule has 0 atom stereocenters. The molecule has 0 saturated carbocycles. The van der Waals surface area contributed by atoms with Gasteiger partial charge in [0.1, 0.15) is 0 Å². The van der Waals surface area contributed by atoms with E-state index in [4.69, 9.17) is 10.2 Å². The Bertz CT molecular complexity index is 538. The van der Waals surface area contributed by atoms with Crippen LogP contribution in [0.1, 0.15) is 219 Å². The van der Waals surface area contributed by atoms with Gasteiger partial charge in [-0.05, 0) is 12.8 Å². The van der Waals surface area contributed by atoms with Crippen LogP contribution in [0, 0.1) is 0 Å². The van der Waals surface area contributed by atoms with E-state index in [1.54, 1.807) is 0 Å². The number of hydrogen-bond acceptors (Lipinski definition) is 4. The summed E-state index contributed by atoms with van der Waals surface area (Å²) < 4.78 is 0. The molecule has 0 aromatic heterocycles. The number of unbranched alkanes of at least 4 members (excludes halogenated alkanes) is 28. The van der Waals surface area contributed by atoms with Crippen LogP contribution in [-0.2, 0) is 9.59 Å². The molecule has 4 N–H and O–H groups in total. The van der Waals surface area contributed by atoms with Gasteiger partial charge in [0.05, 0.1) is 13.2 Å². The molecule has 0 aromatic carbocycles. The lowest BCUT2D eigenvalue weighted by Crippen LogP contribution is -2.34. The fourth-order valence-electron chi connectivity index (χ4n) is 5.89. The summed E-state index contributed by atoms with van der Waals surface area (Å²) in [4.78, 5) is 24.1. The topological polar surface area (TPSA) is 98.7 Å². The maximum atomic E-state index is 12.0. The molecule has 0 aliphatic heterocycles. The van der Waals surface area contributed by atoms with E-state index in [-0.39, 0.29) is 25.0 Å². The van der Waals surface area contributed by atoms with Gasteiger partial charge in [-0.1, -0.05) is 194 Å². The van der Waals surface area contributed by atoms with Gasteiger partial charge in [-0.2, -0.15) is 0 Å². The average molecular weight is 655 g/mol. The van der Waals surface area contributed by atoms with Crippen molar-refractivity contribution in [2.75, 3.05) is 26.3 Å². The monoisotopic (exact) mass is 655 g/mol. The van der Waals surface area contributed by atoms with Crippen LogP contribution in [0.5, 0.6) is 0 Å². The Morgan fingerprint density at radius 3 is 0.739 bits per heavy atom. The molecular weight excluding hydrogens is 572 g/mol. The molecule has 0 aromatic rings. The zero-order valence-corrected chi connectivity index (χ0v) is 31.2. The Morgan fingerprint density at radius 1 is 0.348 bits per heavy atom. The maximum absolute atomic E-state index is 12.0. The second kappa shape index (κ2) is 43.9. The zero-order valence-electron chi connectivity index (χ0n) is 31.2. The first-order chi connectivity index (χ1) is 22.6. The van der Waals surface area contributed by atoms with Gasteiger partial charge < -0.3 is 20.8 Å². The van der Waals surface area contributed by atoms with E-state index in [9.17, 15) is 9.59 Å². The number of nitrogens with one attached hydrogen (secondary N) is 2.